The van der Waals surface area contributed by atoms with Crippen molar-refractivity contribution in [1.29, 1.82) is 0 Å². The van der Waals surface area contributed by atoms with Crippen molar-refractivity contribution in [2.45, 2.75) is 32.2 Å². The van der Waals surface area contributed by atoms with Crippen molar-refractivity contribution >= 4 is 0 Å². The second-order valence-electron chi connectivity index (χ2n) is 5.49. The summed E-state index contributed by atoms with van der Waals surface area (Å²) in [6.07, 6.45) is 8.06. The molecule has 2 aliphatic carbocycles. The van der Waals surface area contributed by atoms with Crippen LogP contribution in [0.1, 0.15) is 37.8 Å². The summed E-state index contributed by atoms with van der Waals surface area (Å²) in [6, 6.07) is 2.60. The molecule has 98 valence electrons. The molecule has 0 spiro atoms. The molecule has 1 aromatic rings. The Kier molecular flexibility index (Phi) is 3.25. The monoisotopic (exact) mass is 246 g/mol. The van der Waals surface area contributed by atoms with E-state index in [4.69, 9.17) is 4.74 Å². The van der Waals surface area contributed by atoms with Gasteiger partial charge in [0.15, 0.2) is 0 Å². The predicted molar refractivity (Wildman–Crippen MR) is 71.5 cm³/mol. The van der Waals surface area contributed by atoms with Crippen molar-refractivity contribution in [2.75, 3.05) is 13.7 Å². The summed E-state index contributed by atoms with van der Waals surface area (Å²) in [5.41, 5.74) is 1.28. The van der Waals surface area contributed by atoms with E-state index < -0.39 is 0 Å². The van der Waals surface area contributed by atoms with Crippen molar-refractivity contribution in [3.8, 4) is 5.75 Å². The molecule has 2 fully saturated rings. The van der Waals surface area contributed by atoms with Crippen molar-refractivity contribution in [3.05, 3.63) is 24.0 Å². The van der Waals surface area contributed by atoms with Crippen LogP contribution < -0.4 is 10.1 Å². The lowest BCUT2D eigenvalue weighted by atomic mass is 9.98. The summed E-state index contributed by atoms with van der Waals surface area (Å²) in [5, 5.41) is 3.48. The van der Waals surface area contributed by atoms with Crippen LogP contribution in [0.15, 0.2) is 18.5 Å². The van der Waals surface area contributed by atoms with Gasteiger partial charge in [-0.2, -0.15) is 0 Å². The zero-order valence-electron chi connectivity index (χ0n) is 11.2. The van der Waals surface area contributed by atoms with Crippen LogP contribution >= 0.6 is 0 Å². The maximum absolute atomic E-state index is 5.55. The highest BCUT2D eigenvalue weighted by Crippen LogP contribution is 2.62. The van der Waals surface area contributed by atoms with E-state index in [-0.39, 0.29) is 0 Å². The molecule has 3 unspecified atom stereocenters. The molecule has 0 aliphatic heterocycles. The van der Waals surface area contributed by atoms with Gasteiger partial charge in [0.25, 0.3) is 0 Å². The number of pyridine rings is 1. The van der Waals surface area contributed by atoms with Crippen LogP contribution in [0.4, 0.5) is 0 Å². The Morgan fingerprint density at radius 2 is 2.17 bits per heavy atom. The van der Waals surface area contributed by atoms with E-state index in [1.165, 1.54) is 24.8 Å². The summed E-state index contributed by atoms with van der Waals surface area (Å²) in [4.78, 5) is 4.31. The van der Waals surface area contributed by atoms with E-state index >= 15 is 0 Å². The smallest absolute Gasteiger partial charge is 0.137 e. The molecule has 0 bridgehead atoms. The Morgan fingerprint density at radius 3 is 2.83 bits per heavy atom. The van der Waals surface area contributed by atoms with E-state index in [0.29, 0.717) is 12.6 Å². The average Bonchev–Trinajstić information content (AvgIpc) is 2.86. The number of rotatable bonds is 5. The van der Waals surface area contributed by atoms with Crippen LogP contribution in [0.3, 0.4) is 0 Å². The van der Waals surface area contributed by atoms with Gasteiger partial charge in [0.2, 0.25) is 0 Å². The standard InChI is InChI=1S/C15H22N2O/c1-3-18-11-7-10(8-17-9-11)15(16-2)14-12-5-4-6-13(12)14/h7-9,12-16H,3-6H2,1-2H3. The van der Waals surface area contributed by atoms with Crippen molar-refractivity contribution in [3.63, 3.8) is 0 Å². The lowest BCUT2D eigenvalue weighted by molar-refractivity contribution is 0.337. The topological polar surface area (TPSA) is 34.1 Å². The molecule has 3 atom stereocenters. The van der Waals surface area contributed by atoms with Crippen molar-refractivity contribution in [1.82, 2.24) is 10.3 Å². The predicted octanol–water partition coefficient (Wildman–Crippen LogP) is 2.79. The molecule has 2 aliphatic rings. The molecule has 0 amide bonds. The van der Waals surface area contributed by atoms with E-state index in [0.717, 1.165) is 23.5 Å². The number of nitrogens with one attached hydrogen (secondary N) is 1. The minimum atomic E-state index is 0.452. The van der Waals surface area contributed by atoms with Gasteiger partial charge in [0.05, 0.1) is 12.8 Å². The third-order valence-corrected chi connectivity index (χ3v) is 4.57. The van der Waals surface area contributed by atoms with Gasteiger partial charge in [-0.3, -0.25) is 4.98 Å². The fraction of sp³-hybridized carbons (Fsp3) is 0.667. The maximum atomic E-state index is 5.55. The number of fused-ring (bicyclic) bond motifs is 1. The Bertz CT molecular complexity index is 411. The first-order valence-corrected chi connectivity index (χ1v) is 7.10. The van der Waals surface area contributed by atoms with Gasteiger partial charge in [0, 0.05) is 12.2 Å². The highest BCUT2D eigenvalue weighted by molar-refractivity contribution is 5.28. The summed E-state index contributed by atoms with van der Waals surface area (Å²) in [7, 11) is 2.06. The van der Waals surface area contributed by atoms with E-state index in [1.54, 1.807) is 6.20 Å². The second-order valence-corrected chi connectivity index (χ2v) is 5.49. The zero-order valence-corrected chi connectivity index (χ0v) is 11.2. The molecule has 0 saturated heterocycles. The Labute approximate surface area is 109 Å². The summed E-state index contributed by atoms with van der Waals surface area (Å²) in [5.74, 6) is 3.62. The van der Waals surface area contributed by atoms with Crippen molar-refractivity contribution < 1.29 is 4.74 Å². The number of ether oxygens (including phenoxy) is 1. The normalized spacial score (nSPS) is 30.9. The summed E-state index contributed by atoms with van der Waals surface area (Å²) >= 11 is 0. The van der Waals surface area contributed by atoms with Crippen LogP contribution in [-0.2, 0) is 0 Å². The van der Waals surface area contributed by atoms with Crippen molar-refractivity contribution in [2.24, 2.45) is 17.8 Å². The van der Waals surface area contributed by atoms with E-state index in [2.05, 4.69) is 23.4 Å². The molecular formula is C15H22N2O. The molecule has 3 nitrogen and oxygen atoms in total. The van der Waals surface area contributed by atoms with Crippen LogP contribution in [0.25, 0.3) is 0 Å². The third kappa shape index (κ3) is 2.01. The number of hydrogen-bond acceptors (Lipinski definition) is 3. The first kappa shape index (κ1) is 12.0. The SMILES string of the molecule is CCOc1cncc(C(NC)C2C3CCCC32)c1. The molecule has 0 aromatic carbocycles. The summed E-state index contributed by atoms with van der Waals surface area (Å²) < 4.78 is 5.55. The number of hydrogen-bond donors (Lipinski definition) is 1. The minimum absolute atomic E-state index is 0.452. The average molecular weight is 246 g/mol. The summed E-state index contributed by atoms with van der Waals surface area (Å²) in [6.45, 7) is 2.71. The fourth-order valence-corrected chi connectivity index (χ4v) is 3.80. The molecule has 1 heterocycles. The van der Waals surface area contributed by atoms with Gasteiger partial charge >= 0.3 is 0 Å². The zero-order chi connectivity index (χ0) is 12.5. The first-order valence-electron chi connectivity index (χ1n) is 7.10. The highest BCUT2D eigenvalue weighted by Gasteiger charge is 2.55. The molecular weight excluding hydrogens is 224 g/mol. The highest BCUT2D eigenvalue weighted by atomic mass is 16.5. The molecule has 0 radical (unpaired) electrons. The molecule has 1 aromatic heterocycles. The Hall–Kier alpha value is -1.09. The minimum Gasteiger partial charge on any atom is -0.492 e. The second kappa shape index (κ2) is 4.88. The molecule has 3 rings (SSSR count). The molecule has 3 heteroatoms. The quantitative estimate of drug-likeness (QED) is 0.867. The Morgan fingerprint density at radius 1 is 1.39 bits per heavy atom. The third-order valence-electron chi connectivity index (χ3n) is 4.57. The van der Waals surface area contributed by atoms with E-state index in [9.17, 15) is 0 Å². The maximum Gasteiger partial charge on any atom is 0.137 e. The van der Waals surface area contributed by atoms with E-state index in [1.807, 2.05) is 13.1 Å². The number of nitrogens with zero attached hydrogens (tertiary/aromatic N) is 1. The van der Waals surface area contributed by atoms with Crippen LogP contribution in [-0.4, -0.2) is 18.6 Å². The Balaban J connectivity index is 1.77. The molecule has 2 saturated carbocycles. The van der Waals surface area contributed by atoms with Crippen LogP contribution in [0.5, 0.6) is 5.75 Å². The van der Waals surface area contributed by atoms with Crippen LogP contribution in [0, 0.1) is 17.8 Å². The van der Waals surface area contributed by atoms with Gasteiger partial charge in [-0.05, 0) is 56.2 Å². The largest absolute Gasteiger partial charge is 0.492 e. The fourth-order valence-electron chi connectivity index (χ4n) is 3.80. The lowest BCUT2D eigenvalue weighted by Gasteiger charge is -2.19. The van der Waals surface area contributed by atoms with Gasteiger partial charge in [-0.15, -0.1) is 0 Å². The van der Waals surface area contributed by atoms with Gasteiger partial charge in [-0.1, -0.05) is 6.42 Å². The molecule has 1 N–H and O–H groups in total. The molecule has 18 heavy (non-hydrogen) atoms. The lowest BCUT2D eigenvalue weighted by Crippen LogP contribution is -2.20. The van der Waals surface area contributed by atoms with Crippen LogP contribution in [0.2, 0.25) is 0 Å². The van der Waals surface area contributed by atoms with Gasteiger partial charge in [0.1, 0.15) is 5.75 Å². The van der Waals surface area contributed by atoms with Gasteiger partial charge in [-0.25, -0.2) is 0 Å². The number of aromatic nitrogens is 1. The first-order chi connectivity index (χ1) is 8.85. The van der Waals surface area contributed by atoms with Gasteiger partial charge < -0.3 is 10.1 Å².